The molecule has 1 saturated heterocycles. The second-order valence-corrected chi connectivity index (χ2v) is 8.56. The number of benzene rings is 1. The lowest BCUT2D eigenvalue weighted by molar-refractivity contribution is 0.204. The molecule has 5 rings (SSSR count). The van der Waals surface area contributed by atoms with E-state index in [0.717, 1.165) is 36.7 Å². The highest BCUT2D eigenvalue weighted by Crippen LogP contribution is 2.20. The first kappa shape index (κ1) is 21.3. The quantitative estimate of drug-likeness (QED) is 0.451. The summed E-state index contributed by atoms with van der Waals surface area (Å²) in [5.41, 5.74) is 0.777. The van der Waals surface area contributed by atoms with Gasteiger partial charge >= 0.3 is 5.69 Å². The molecule has 1 fully saturated rings. The van der Waals surface area contributed by atoms with Crippen LogP contribution < -0.4 is 16.6 Å². The number of nitrogens with one attached hydrogen (secondary N) is 2. The minimum Gasteiger partial charge on any atom is -0.463 e. The van der Waals surface area contributed by atoms with Gasteiger partial charge in [-0.2, -0.15) is 4.98 Å². The monoisotopic (exact) mass is 448 g/mol. The summed E-state index contributed by atoms with van der Waals surface area (Å²) in [7, 11) is 1.60. The fraction of sp³-hybridized carbons (Fsp3) is 0.375. The van der Waals surface area contributed by atoms with Crippen LogP contribution in [0.15, 0.2) is 56.5 Å². The SMILES string of the molecule is Cn1c(=O)[nH]c(=O)c2c1nc(NCc1ccc(CN3CCCCC3)o1)n2Cc1ccccc1. The van der Waals surface area contributed by atoms with Gasteiger partial charge in [0.25, 0.3) is 5.56 Å². The summed E-state index contributed by atoms with van der Waals surface area (Å²) in [6.45, 7) is 3.92. The Bertz CT molecular complexity index is 1360. The number of piperidine rings is 1. The zero-order chi connectivity index (χ0) is 22.8. The largest absolute Gasteiger partial charge is 0.463 e. The summed E-state index contributed by atoms with van der Waals surface area (Å²) in [6, 6.07) is 13.8. The van der Waals surface area contributed by atoms with Crippen LogP contribution in [0, 0.1) is 0 Å². The molecule has 1 aromatic carbocycles. The molecular weight excluding hydrogens is 420 g/mol. The number of H-pyrrole nitrogens is 1. The van der Waals surface area contributed by atoms with Crippen molar-refractivity contribution in [1.29, 1.82) is 0 Å². The maximum Gasteiger partial charge on any atom is 0.329 e. The molecule has 0 atom stereocenters. The van der Waals surface area contributed by atoms with Crippen LogP contribution in [0.5, 0.6) is 0 Å². The molecule has 3 aromatic heterocycles. The number of hydrogen-bond acceptors (Lipinski definition) is 6. The van der Waals surface area contributed by atoms with Crippen molar-refractivity contribution in [2.75, 3.05) is 18.4 Å². The highest BCUT2D eigenvalue weighted by molar-refractivity contribution is 5.74. The molecule has 0 spiro atoms. The molecular formula is C24H28N6O3. The highest BCUT2D eigenvalue weighted by Gasteiger charge is 2.18. The number of likely N-dealkylation sites (tertiary alicyclic amines) is 1. The first-order chi connectivity index (χ1) is 16.1. The lowest BCUT2D eigenvalue weighted by atomic mass is 10.1. The molecule has 4 heterocycles. The van der Waals surface area contributed by atoms with Gasteiger partial charge in [-0.15, -0.1) is 0 Å². The van der Waals surface area contributed by atoms with Crippen LogP contribution in [0.2, 0.25) is 0 Å². The zero-order valence-electron chi connectivity index (χ0n) is 18.7. The first-order valence-electron chi connectivity index (χ1n) is 11.4. The van der Waals surface area contributed by atoms with E-state index in [2.05, 4.69) is 20.2 Å². The van der Waals surface area contributed by atoms with E-state index in [1.807, 2.05) is 42.5 Å². The van der Waals surface area contributed by atoms with Crippen molar-refractivity contribution in [2.24, 2.45) is 7.05 Å². The Kier molecular flexibility index (Phi) is 5.87. The summed E-state index contributed by atoms with van der Waals surface area (Å²) in [5, 5.41) is 3.31. The smallest absolute Gasteiger partial charge is 0.329 e. The molecule has 33 heavy (non-hydrogen) atoms. The maximum atomic E-state index is 12.7. The molecule has 0 aliphatic carbocycles. The van der Waals surface area contributed by atoms with Gasteiger partial charge in [0.1, 0.15) is 11.5 Å². The predicted molar refractivity (Wildman–Crippen MR) is 126 cm³/mol. The minimum absolute atomic E-state index is 0.340. The normalized spacial score (nSPS) is 14.7. The zero-order valence-corrected chi connectivity index (χ0v) is 18.7. The molecule has 2 N–H and O–H groups in total. The number of hydrogen-bond donors (Lipinski definition) is 2. The van der Waals surface area contributed by atoms with Crippen LogP contribution in [0.1, 0.15) is 36.3 Å². The Morgan fingerprint density at radius 3 is 2.55 bits per heavy atom. The molecule has 0 radical (unpaired) electrons. The Labute approximate surface area is 190 Å². The van der Waals surface area contributed by atoms with Crippen molar-refractivity contribution < 1.29 is 4.42 Å². The molecule has 4 aromatic rings. The van der Waals surface area contributed by atoms with Gasteiger partial charge in [-0.3, -0.25) is 23.8 Å². The molecule has 9 nitrogen and oxygen atoms in total. The molecule has 172 valence electrons. The average molecular weight is 449 g/mol. The van der Waals surface area contributed by atoms with Crippen molar-refractivity contribution in [3.8, 4) is 0 Å². The highest BCUT2D eigenvalue weighted by atomic mass is 16.3. The van der Waals surface area contributed by atoms with E-state index < -0.39 is 11.2 Å². The third-order valence-electron chi connectivity index (χ3n) is 6.16. The number of imidazole rings is 1. The molecule has 0 bridgehead atoms. The summed E-state index contributed by atoms with van der Waals surface area (Å²) in [6.07, 6.45) is 3.80. The van der Waals surface area contributed by atoms with Crippen molar-refractivity contribution in [2.45, 2.75) is 38.9 Å². The number of aryl methyl sites for hydroxylation is 1. The fourth-order valence-electron chi connectivity index (χ4n) is 4.40. The van der Waals surface area contributed by atoms with Gasteiger partial charge in [-0.1, -0.05) is 36.8 Å². The van der Waals surface area contributed by atoms with Crippen LogP contribution in [-0.2, 0) is 26.7 Å². The summed E-state index contributed by atoms with van der Waals surface area (Å²) < 4.78 is 9.20. The van der Waals surface area contributed by atoms with E-state index in [1.165, 1.54) is 23.8 Å². The van der Waals surface area contributed by atoms with Crippen molar-refractivity contribution in [1.82, 2.24) is 24.0 Å². The van der Waals surface area contributed by atoms with Crippen LogP contribution in [0.25, 0.3) is 11.2 Å². The van der Waals surface area contributed by atoms with Crippen molar-refractivity contribution >= 4 is 17.1 Å². The number of rotatable bonds is 7. The van der Waals surface area contributed by atoms with Crippen LogP contribution in [0.4, 0.5) is 5.95 Å². The fourth-order valence-corrected chi connectivity index (χ4v) is 4.40. The number of aromatic amines is 1. The second-order valence-electron chi connectivity index (χ2n) is 8.56. The van der Waals surface area contributed by atoms with Crippen LogP contribution >= 0.6 is 0 Å². The molecule has 0 unspecified atom stereocenters. The standard InChI is InChI=1S/C24H28N6O3/c1-28-21-20(22(31)27-24(28)32)30(15-17-8-4-2-5-9-17)23(26-21)25-14-18-10-11-19(33-18)16-29-12-6-3-7-13-29/h2,4-5,8-11H,3,6-7,12-16H2,1H3,(H,25,26)(H,27,31,32). The molecule has 1 aliphatic heterocycles. The molecule has 1 aliphatic rings. The average Bonchev–Trinajstić information content (AvgIpc) is 3.42. The third-order valence-corrected chi connectivity index (χ3v) is 6.16. The summed E-state index contributed by atoms with van der Waals surface area (Å²) in [5.74, 6) is 2.25. The Morgan fingerprint density at radius 2 is 1.76 bits per heavy atom. The lowest BCUT2D eigenvalue weighted by Crippen LogP contribution is -2.29. The number of furan rings is 1. The van der Waals surface area contributed by atoms with E-state index in [9.17, 15) is 9.59 Å². The number of aromatic nitrogens is 4. The van der Waals surface area contributed by atoms with Gasteiger partial charge < -0.3 is 9.73 Å². The van der Waals surface area contributed by atoms with Gasteiger partial charge in [0, 0.05) is 7.05 Å². The van der Waals surface area contributed by atoms with Crippen molar-refractivity contribution in [3.63, 3.8) is 0 Å². The van der Waals surface area contributed by atoms with Gasteiger partial charge in [-0.05, 0) is 43.6 Å². The number of anilines is 1. The van der Waals surface area contributed by atoms with Gasteiger partial charge in [0.15, 0.2) is 11.2 Å². The van der Waals surface area contributed by atoms with Gasteiger partial charge in [-0.25, -0.2) is 4.79 Å². The lowest BCUT2D eigenvalue weighted by Gasteiger charge is -2.25. The van der Waals surface area contributed by atoms with E-state index in [4.69, 9.17) is 4.42 Å². The second kappa shape index (κ2) is 9.11. The number of fused-ring (bicyclic) bond motifs is 1. The maximum absolute atomic E-state index is 12.7. The summed E-state index contributed by atoms with van der Waals surface area (Å²) >= 11 is 0. The Balaban J connectivity index is 1.41. The molecule has 0 saturated carbocycles. The van der Waals surface area contributed by atoms with E-state index in [0.29, 0.717) is 30.2 Å². The molecule has 9 heteroatoms. The third kappa shape index (κ3) is 4.49. The van der Waals surface area contributed by atoms with E-state index >= 15 is 0 Å². The van der Waals surface area contributed by atoms with E-state index in [1.54, 1.807) is 11.6 Å². The van der Waals surface area contributed by atoms with Crippen LogP contribution in [0.3, 0.4) is 0 Å². The Hall–Kier alpha value is -3.59. The van der Waals surface area contributed by atoms with Crippen LogP contribution in [-0.4, -0.2) is 37.1 Å². The Morgan fingerprint density at radius 1 is 1.00 bits per heavy atom. The van der Waals surface area contributed by atoms with Gasteiger partial charge in [0.2, 0.25) is 5.95 Å². The van der Waals surface area contributed by atoms with E-state index in [-0.39, 0.29) is 0 Å². The van der Waals surface area contributed by atoms with Gasteiger partial charge in [0.05, 0.1) is 19.6 Å². The molecule has 0 amide bonds. The topological polar surface area (TPSA) is 101 Å². The number of nitrogens with zero attached hydrogens (tertiary/aromatic N) is 4. The van der Waals surface area contributed by atoms with Crippen molar-refractivity contribution in [3.05, 3.63) is 80.4 Å². The first-order valence-corrected chi connectivity index (χ1v) is 11.4. The predicted octanol–water partition coefficient (Wildman–Crippen LogP) is 2.66. The minimum atomic E-state index is -0.489. The summed E-state index contributed by atoms with van der Waals surface area (Å²) in [4.78, 5) is 34.1.